The highest BCUT2D eigenvalue weighted by atomic mass is 35.5. The topological polar surface area (TPSA) is 34.1 Å². The number of benzene rings is 2. The predicted molar refractivity (Wildman–Crippen MR) is 104 cm³/mol. The molecule has 0 radical (unpaired) electrons. The van der Waals surface area contributed by atoms with Gasteiger partial charge >= 0.3 is 0 Å². The molecule has 0 atom stereocenters. The Kier molecular flexibility index (Phi) is 5.79. The van der Waals surface area contributed by atoms with Crippen LogP contribution in [0.5, 0.6) is 11.5 Å². The molecular formula is C21H18ClF3N2O. The summed E-state index contributed by atoms with van der Waals surface area (Å²) in [4.78, 5) is 4.17. The monoisotopic (exact) mass is 406 g/mol. The van der Waals surface area contributed by atoms with Crippen LogP contribution in [0.15, 0.2) is 54.7 Å². The molecule has 3 nitrogen and oxygen atoms in total. The summed E-state index contributed by atoms with van der Waals surface area (Å²) in [7, 11) is 0. The van der Waals surface area contributed by atoms with Gasteiger partial charge in [0.2, 0.25) is 0 Å². The minimum Gasteiger partial charge on any atom is -0.454 e. The van der Waals surface area contributed by atoms with Gasteiger partial charge in [0.25, 0.3) is 5.92 Å². The number of alkyl halides is 2. The van der Waals surface area contributed by atoms with E-state index in [9.17, 15) is 13.2 Å². The number of rotatable bonds is 6. The quantitative estimate of drug-likeness (QED) is 0.474. The molecule has 28 heavy (non-hydrogen) atoms. The molecule has 0 saturated carbocycles. The molecule has 2 aromatic carbocycles. The van der Waals surface area contributed by atoms with Crippen molar-refractivity contribution in [3.8, 4) is 11.5 Å². The van der Waals surface area contributed by atoms with Crippen molar-refractivity contribution in [3.05, 3.63) is 76.8 Å². The standard InChI is InChI=1S/C21H18ClF3N2O/c1-3-13-10-16(8-9-26-13)28-20-7-5-15(12-19(20)23)27-14-4-6-18(22)17(11-14)21(2,24)25/h4-12,27H,3H2,1-2H3. The SMILES string of the molecule is CCc1cc(Oc2ccc(Nc3ccc(Cl)c(C(C)(F)F)c3)cc2F)ccn1. The van der Waals surface area contributed by atoms with Crippen LogP contribution in [0.25, 0.3) is 0 Å². The van der Waals surface area contributed by atoms with Crippen LogP contribution in [-0.2, 0) is 12.3 Å². The number of anilines is 2. The number of pyridine rings is 1. The number of hydrogen-bond acceptors (Lipinski definition) is 3. The molecule has 0 bridgehead atoms. The van der Waals surface area contributed by atoms with Crippen LogP contribution in [0.4, 0.5) is 24.5 Å². The van der Waals surface area contributed by atoms with Gasteiger partial charge in [0.15, 0.2) is 11.6 Å². The second-order valence-electron chi connectivity index (χ2n) is 6.29. The molecule has 0 spiro atoms. The summed E-state index contributed by atoms with van der Waals surface area (Å²) in [6.45, 7) is 2.73. The van der Waals surface area contributed by atoms with Gasteiger partial charge in [-0.05, 0) is 42.8 Å². The van der Waals surface area contributed by atoms with Crippen LogP contribution >= 0.6 is 11.6 Å². The number of aromatic nitrogens is 1. The first-order chi connectivity index (χ1) is 13.3. The lowest BCUT2D eigenvalue weighted by molar-refractivity contribution is 0.0176. The highest BCUT2D eigenvalue weighted by Gasteiger charge is 2.27. The molecule has 0 amide bonds. The smallest absolute Gasteiger partial charge is 0.272 e. The van der Waals surface area contributed by atoms with E-state index < -0.39 is 11.7 Å². The predicted octanol–water partition coefficient (Wildman–Crippen LogP) is 7.08. The number of nitrogens with one attached hydrogen (secondary N) is 1. The summed E-state index contributed by atoms with van der Waals surface area (Å²) < 4.78 is 47.2. The van der Waals surface area contributed by atoms with E-state index >= 15 is 0 Å². The molecule has 1 aromatic heterocycles. The molecule has 0 saturated heterocycles. The molecule has 146 valence electrons. The van der Waals surface area contributed by atoms with Crippen molar-refractivity contribution in [2.75, 3.05) is 5.32 Å². The molecule has 3 rings (SSSR count). The first-order valence-electron chi connectivity index (χ1n) is 8.63. The lowest BCUT2D eigenvalue weighted by Gasteiger charge is -2.15. The van der Waals surface area contributed by atoms with Gasteiger partial charge in [-0.1, -0.05) is 18.5 Å². The Morgan fingerprint density at radius 2 is 1.79 bits per heavy atom. The van der Waals surface area contributed by atoms with Crippen molar-refractivity contribution in [2.24, 2.45) is 0 Å². The average molecular weight is 407 g/mol. The van der Waals surface area contributed by atoms with Crippen LogP contribution in [0.2, 0.25) is 5.02 Å². The molecule has 3 aromatic rings. The van der Waals surface area contributed by atoms with Crippen molar-refractivity contribution in [1.82, 2.24) is 4.98 Å². The van der Waals surface area contributed by atoms with Crippen LogP contribution in [0, 0.1) is 5.82 Å². The van der Waals surface area contributed by atoms with Crippen molar-refractivity contribution in [3.63, 3.8) is 0 Å². The zero-order valence-corrected chi connectivity index (χ0v) is 16.0. The largest absolute Gasteiger partial charge is 0.454 e. The van der Waals surface area contributed by atoms with Crippen LogP contribution < -0.4 is 10.1 Å². The Morgan fingerprint density at radius 3 is 2.46 bits per heavy atom. The second-order valence-corrected chi connectivity index (χ2v) is 6.70. The van der Waals surface area contributed by atoms with E-state index in [1.807, 2.05) is 6.92 Å². The van der Waals surface area contributed by atoms with E-state index in [2.05, 4.69) is 10.3 Å². The highest BCUT2D eigenvalue weighted by molar-refractivity contribution is 6.31. The minimum absolute atomic E-state index is 0.0308. The van der Waals surface area contributed by atoms with Crippen LogP contribution in [-0.4, -0.2) is 4.98 Å². The summed E-state index contributed by atoms with van der Waals surface area (Å²) in [6.07, 6.45) is 2.34. The minimum atomic E-state index is -3.08. The number of ether oxygens (including phenoxy) is 1. The van der Waals surface area contributed by atoms with Gasteiger partial charge in [0.05, 0.1) is 0 Å². The van der Waals surface area contributed by atoms with Gasteiger partial charge in [-0.3, -0.25) is 4.98 Å². The average Bonchev–Trinajstić information content (AvgIpc) is 2.65. The highest BCUT2D eigenvalue weighted by Crippen LogP contribution is 2.35. The first-order valence-corrected chi connectivity index (χ1v) is 9.01. The molecule has 1 N–H and O–H groups in total. The maximum atomic E-state index is 14.4. The molecule has 0 unspecified atom stereocenters. The molecule has 0 fully saturated rings. The van der Waals surface area contributed by atoms with E-state index in [1.54, 1.807) is 30.5 Å². The third-order valence-corrected chi connectivity index (χ3v) is 4.37. The van der Waals surface area contributed by atoms with Gasteiger partial charge in [0.1, 0.15) is 5.75 Å². The Morgan fingerprint density at radius 1 is 1.07 bits per heavy atom. The Bertz CT molecular complexity index is 990. The van der Waals surface area contributed by atoms with Crippen molar-refractivity contribution < 1.29 is 17.9 Å². The molecule has 0 aliphatic carbocycles. The number of aryl methyl sites for hydroxylation is 1. The lowest BCUT2D eigenvalue weighted by Crippen LogP contribution is -2.08. The number of halogens is 4. The zero-order valence-electron chi connectivity index (χ0n) is 15.3. The third kappa shape index (κ3) is 4.75. The van der Waals surface area contributed by atoms with Crippen LogP contribution in [0.1, 0.15) is 25.1 Å². The maximum Gasteiger partial charge on any atom is 0.272 e. The number of nitrogens with zero attached hydrogens (tertiary/aromatic N) is 1. The van der Waals surface area contributed by atoms with Crippen molar-refractivity contribution in [1.29, 1.82) is 0 Å². The fraction of sp³-hybridized carbons (Fsp3) is 0.190. The Hall–Kier alpha value is -2.73. The van der Waals surface area contributed by atoms with Gasteiger partial charge in [-0.2, -0.15) is 0 Å². The third-order valence-electron chi connectivity index (χ3n) is 4.04. The van der Waals surface area contributed by atoms with Crippen molar-refractivity contribution in [2.45, 2.75) is 26.2 Å². The normalized spacial score (nSPS) is 11.4. The molecule has 7 heteroatoms. The fourth-order valence-corrected chi connectivity index (χ4v) is 2.89. The fourth-order valence-electron chi connectivity index (χ4n) is 2.61. The number of hydrogen-bond donors (Lipinski definition) is 1. The molecular weight excluding hydrogens is 389 g/mol. The second kappa shape index (κ2) is 8.10. The van der Waals surface area contributed by atoms with Gasteiger partial charge in [-0.15, -0.1) is 0 Å². The van der Waals surface area contributed by atoms with Gasteiger partial charge in [-0.25, -0.2) is 13.2 Å². The lowest BCUT2D eigenvalue weighted by atomic mass is 10.1. The Labute approximate surface area is 166 Å². The summed E-state index contributed by atoms with van der Waals surface area (Å²) in [5.41, 5.74) is 1.30. The van der Waals surface area contributed by atoms with E-state index in [0.717, 1.165) is 19.0 Å². The van der Waals surface area contributed by atoms with Crippen LogP contribution in [0.3, 0.4) is 0 Å². The van der Waals surface area contributed by atoms with Gasteiger partial charge < -0.3 is 10.1 Å². The molecule has 0 aliphatic rings. The summed E-state index contributed by atoms with van der Waals surface area (Å²) in [5.74, 6) is -3.14. The Balaban J connectivity index is 1.79. The van der Waals surface area contributed by atoms with E-state index in [0.29, 0.717) is 17.1 Å². The van der Waals surface area contributed by atoms with Crippen molar-refractivity contribution >= 4 is 23.0 Å². The van der Waals surface area contributed by atoms with Gasteiger partial charge in [0, 0.05) is 52.9 Å². The van der Waals surface area contributed by atoms with E-state index in [4.69, 9.17) is 16.3 Å². The maximum absolute atomic E-state index is 14.4. The molecule has 1 heterocycles. The molecule has 0 aliphatic heterocycles. The summed E-state index contributed by atoms with van der Waals surface area (Å²) in [6, 6.07) is 11.8. The summed E-state index contributed by atoms with van der Waals surface area (Å²) in [5, 5.41) is 2.87. The zero-order chi connectivity index (χ0) is 20.3. The van der Waals surface area contributed by atoms with E-state index in [-0.39, 0.29) is 16.3 Å². The summed E-state index contributed by atoms with van der Waals surface area (Å²) >= 11 is 5.84. The first kappa shape index (κ1) is 20.0. The van der Waals surface area contributed by atoms with E-state index in [1.165, 1.54) is 24.3 Å².